The lowest BCUT2D eigenvalue weighted by atomic mass is 10.1. The second-order valence-corrected chi connectivity index (χ2v) is 7.32. The molecule has 0 saturated carbocycles. The van der Waals surface area contributed by atoms with Gasteiger partial charge in [-0.25, -0.2) is 18.2 Å². The van der Waals surface area contributed by atoms with E-state index < -0.39 is 15.8 Å². The highest BCUT2D eigenvalue weighted by atomic mass is 32.2. The van der Waals surface area contributed by atoms with Crippen LogP contribution in [0.3, 0.4) is 0 Å². The molecule has 0 bridgehead atoms. The summed E-state index contributed by atoms with van der Waals surface area (Å²) in [6.45, 7) is 1.73. The van der Waals surface area contributed by atoms with Crippen molar-refractivity contribution in [1.29, 1.82) is 0 Å². The molecule has 1 aromatic heterocycles. The van der Waals surface area contributed by atoms with Crippen LogP contribution in [-0.2, 0) is 14.6 Å². The topological polar surface area (TPSA) is 73.3 Å². The van der Waals surface area contributed by atoms with Crippen LogP contribution in [-0.4, -0.2) is 38.0 Å². The van der Waals surface area contributed by atoms with E-state index in [1.54, 1.807) is 6.92 Å². The highest BCUT2D eigenvalue weighted by Gasteiger charge is 2.32. The van der Waals surface area contributed by atoms with Crippen molar-refractivity contribution in [1.82, 2.24) is 4.98 Å². The number of methoxy groups -OCH3 is 1. The predicted octanol–water partition coefficient (Wildman–Crippen LogP) is 1.14. The number of aromatic nitrogens is 1. The van der Waals surface area contributed by atoms with Crippen molar-refractivity contribution >= 4 is 27.1 Å². The van der Waals surface area contributed by atoms with Crippen LogP contribution >= 0.6 is 11.3 Å². The molecule has 94 valence electrons. The molecule has 0 aromatic carbocycles. The number of nitrogens with zero attached hydrogens (tertiary/aromatic N) is 1. The second-order valence-electron chi connectivity index (χ2n) is 4.06. The van der Waals surface area contributed by atoms with Gasteiger partial charge >= 0.3 is 5.97 Å². The predicted molar refractivity (Wildman–Crippen MR) is 64.2 cm³/mol. The van der Waals surface area contributed by atoms with E-state index in [1.165, 1.54) is 18.4 Å². The summed E-state index contributed by atoms with van der Waals surface area (Å²) in [4.78, 5) is 16.2. The summed E-state index contributed by atoms with van der Waals surface area (Å²) < 4.78 is 27.4. The van der Waals surface area contributed by atoms with Crippen molar-refractivity contribution in [3.8, 4) is 0 Å². The number of aryl methyl sites for hydroxylation is 1. The molecule has 1 aliphatic rings. The van der Waals surface area contributed by atoms with Gasteiger partial charge in [-0.15, -0.1) is 11.3 Å². The zero-order valence-electron chi connectivity index (χ0n) is 9.60. The maximum Gasteiger partial charge on any atom is 0.349 e. The van der Waals surface area contributed by atoms with E-state index in [1.807, 2.05) is 0 Å². The van der Waals surface area contributed by atoms with Crippen molar-refractivity contribution in [2.24, 2.45) is 0 Å². The summed E-state index contributed by atoms with van der Waals surface area (Å²) in [6.07, 6.45) is 0.593. The Labute approximate surface area is 104 Å². The van der Waals surface area contributed by atoms with Gasteiger partial charge < -0.3 is 4.74 Å². The Morgan fingerprint density at radius 2 is 2.24 bits per heavy atom. The summed E-state index contributed by atoms with van der Waals surface area (Å²) in [7, 11) is -1.60. The molecule has 5 nitrogen and oxygen atoms in total. The van der Waals surface area contributed by atoms with E-state index in [0.29, 0.717) is 17.0 Å². The van der Waals surface area contributed by atoms with Gasteiger partial charge in [0.2, 0.25) is 0 Å². The lowest BCUT2D eigenvalue weighted by Crippen LogP contribution is -2.03. The normalized spacial score (nSPS) is 22.6. The van der Waals surface area contributed by atoms with E-state index in [2.05, 4.69) is 9.72 Å². The zero-order chi connectivity index (χ0) is 12.6. The Morgan fingerprint density at radius 1 is 1.53 bits per heavy atom. The van der Waals surface area contributed by atoms with E-state index in [-0.39, 0.29) is 17.4 Å². The lowest BCUT2D eigenvalue weighted by Gasteiger charge is -2.00. The number of carbonyl (C=O) groups is 1. The Kier molecular flexibility index (Phi) is 3.22. The molecule has 1 saturated heterocycles. The Hall–Kier alpha value is -0.950. The monoisotopic (exact) mass is 275 g/mol. The minimum Gasteiger partial charge on any atom is -0.465 e. The maximum absolute atomic E-state index is 11.4. The van der Waals surface area contributed by atoms with Crippen LogP contribution in [0.2, 0.25) is 0 Å². The van der Waals surface area contributed by atoms with Gasteiger partial charge in [0, 0.05) is 5.92 Å². The van der Waals surface area contributed by atoms with Crippen LogP contribution in [0.5, 0.6) is 0 Å². The fraction of sp³-hybridized carbons (Fsp3) is 0.600. The van der Waals surface area contributed by atoms with Crippen LogP contribution in [0.25, 0.3) is 0 Å². The second kappa shape index (κ2) is 4.38. The Morgan fingerprint density at radius 3 is 2.76 bits per heavy atom. The first-order valence-corrected chi connectivity index (χ1v) is 7.83. The SMILES string of the molecule is COC(=O)c1sc(C2CCS(=O)(=O)C2)nc1C. The first-order valence-electron chi connectivity index (χ1n) is 5.19. The highest BCUT2D eigenvalue weighted by molar-refractivity contribution is 7.91. The summed E-state index contributed by atoms with van der Waals surface area (Å²) in [5.41, 5.74) is 0.612. The molecular weight excluding hydrogens is 262 g/mol. The van der Waals surface area contributed by atoms with Crippen LogP contribution in [0.15, 0.2) is 0 Å². The van der Waals surface area contributed by atoms with Crippen LogP contribution in [0, 0.1) is 6.92 Å². The van der Waals surface area contributed by atoms with Gasteiger partial charge in [0.1, 0.15) is 4.88 Å². The lowest BCUT2D eigenvalue weighted by molar-refractivity contribution is 0.0605. The largest absolute Gasteiger partial charge is 0.465 e. The van der Waals surface area contributed by atoms with E-state index in [9.17, 15) is 13.2 Å². The number of sulfone groups is 1. The molecule has 0 N–H and O–H groups in total. The molecule has 0 aliphatic carbocycles. The van der Waals surface area contributed by atoms with E-state index in [0.717, 1.165) is 5.01 Å². The molecular formula is C10H13NO4S2. The number of rotatable bonds is 2. The van der Waals surface area contributed by atoms with E-state index >= 15 is 0 Å². The van der Waals surface area contributed by atoms with Crippen LogP contribution < -0.4 is 0 Å². The first-order chi connectivity index (χ1) is 7.93. The minimum atomic E-state index is -2.92. The Bertz CT molecular complexity index is 547. The first kappa shape index (κ1) is 12.5. The highest BCUT2D eigenvalue weighted by Crippen LogP contribution is 2.33. The average Bonchev–Trinajstić information content (AvgIpc) is 2.80. The van der Waals surface area contributed by atoms with Gasteiger partial charge in [0.25, 0.3) is 0 Å². The number of ether oxygens (including phenoxy) is 1. The van der Waals surface area contributed by atoms with Gasteiger partial charge in [-0.2, -0.15) is 0 Å². The van der Waals surface area contributed by atoms with E-state index in [4.69, 9.17) is 0 Å². The molecule has 2 rings (SSSR count). The summed E-state index contributed by atoms with van der Waals surface area (Å²) >= 11 is 1.24. The third-order valence-corrected chi connectivity index (χ3v) is 5.83. The quantitative estimate of drug-likeness (QED) is 0.757. The zero-order valence-corrected chi connectivity index (χ0v) is 11.2. The standard InChI is InChI=1S/C10H13NO4S2/c1-6-8(10(12)15-2)16-9(11-6)7-3-4-17(13,14)5-7/h7H,3-5H2,1-2H3. The fourth-order valence-electron chi connectivity index (χ4n) is 1.86. The summed E-state index contributed by atoms with van der Waals surface area (Å²) in [6, 6.07) is 0. The molecule has 2 heterocycles. The molecule has 17 heavy (non-hydrogen) atoms. The minimum absolute atomic E-state index is 0.0675. The average molecular weight is 275 g/mol. The molecule has 0 spiro atoms. The molecule has 7 heteroatoms. The van der Waals surface area contributed by atoms with Gasteiger partial charge in [0.05, 0.1) is 29.3 Å². The Balaban J connectivity index is 2.27. The molecule has 1 aromatic rings. The number of hydrogen-bond acceptors (Lipinski definition) is 6. The number of thiazole rings is 1. The molecule has 0 radical (unpaired) electrons. The van der Waals surface area contributed by atoms with Crippen LogP contribution in [0.4, 0.5) is 0 Å². The van der Waals surface area contributed by atoms with Gasteiger partial charge in [0.15, 0.2) is 9.84 Å². The third kappa shape index (κ3) is 2.50. The van der Waals surface area contributed by atoms with Crippen molar-refractivity contribution in [2.75, 3.05) is 18.6 Å². The maximum atomic E-state index is 11.4. The van der Waals surface area contributed by atoms with Gasteiger partial charge in [-0.3, -0.25) is 0 Å². The smallest absolute Gasteiger partial charge is 0.349 e. The number of esters is 1. The molecule has 0 amide bonds. The van der Waals surface area contributed by atoms with Crippen molar-refractivity contribution < 1.29 is 17.9 Å². The number of hydrogen-bond donors (Lipinski definition) is 0. The van der Waals surface area contributed by atoms with Crippen molar-refractivity contribution in [3.05, 3.63) is 15.6 Å². The van der Waals surface area contributed by atoms with Crippen molar-refractivity contribution in [2.45, 2.75) is 19.3 Å². The van der Waals surface area contributed by atoms with Gasteiger partial charge in [-0.1, -0.05) is 0 Å². The number of carbonyl (C=O) groups excluding carboxylic acids is 1. The molecule has 1 atom stereocenters. The van der Waals surface area contributed by atoms with Gasteiger partial charge in [-0.05, 0) is 13.3 Å². The summed E-state index contributed by atoms with van der Waals surface area (Å²) in [5, 5.41) is 0.726. The fourth-order valence-corrected chi connectivity index (χ4v) is 4.84. The molecule has 1 fully saturated rings. The molecule has 1 unspecified atom stereocenters. The van der Waals surface area contributed by atoms with Crippen molar-refractivity contribution in [3.63, 3.8) is 0 Å². The van der Waals surface area contributed by atoms with Crippen LogP contribution in [0.1, 0.15) is 32.7 Å². The summed E-state index contributed by atoms with van der Waals surface area (Å²) in [5.74, 6) is -0.126. The third-order valence-electron chi connectivity index (χ3n) is 2.77. The molecule has 1 aliphatic heterocycles.